The van der Waals surface area contributed by atoms with E-state index < -0.39 is 16.1 Å². The number of carbonyl (C=O) groups excluding carboxylic acids is 1. The van der Waals surface area contributed by atoms with E-state index in [-0.39, 0.29) is 12.3 Å². The molecule has 1 atom stereocenters. The minimum Gasteiger partial charge on any atom is -0.326 e. The van der Waals surface area contributed by atoms with Crippen molar-refractivity contribution >= 4 is 33.2 Å². The van der Waals surface area contributed by atoms with Gasteiger partial charge >= 0.3 is 0 Å². The molecule has 2 N–H and O–H groups in total. The number of benzene rings is 2. The Morgan fingerprint density at radius 1 is 1.07 bits per heavy atom. The van der Waals surface area contributed by atoms with Crippen LogP contribution in [0.4, 0.5) is 5.69 Å². The maximum atomic E-state index is 12.4. The predicted octanol–water partition coefficient (Wildman–Crippen LogP) is 4.30. The number of amides is 1. The molecule has 2 aromatic carbocycles. The molecule has 0 saturated carbocycles. The third-order valence-corrected chi connectivity index (χ3v) is 5.04. The summed E-state index contributed by atoms with van der Waals surface area (Å²) in [5.41, 5.74) is 2.59. The molecule has 0 aromatic heterocycles. The van der Waals surface area contributed by atoms with Crippen LogP contribution in [0.2, 0.25) is 5.02 Å². The molecule has 0 bridgehead atoms. The predicted molar refractivity (Wildman–Crippen MR) is 110 cm³/mol. The topological polar surface area (TPSA) is 75.3 Å². The number of sulfonamides is 1. The summed E-state index contributed by atoms with van der Waals surface area (Å²) in [5.74, 6) is -0.271. The fourth-order valence-corrected chi connectivity index (χ4v) is 3.58. The third-order valence-electron chi connectivity index (χ3n) is 4.07. The fraction of sp³-hybridized carbons (Fsp3) is 0.350. The first kappa shape index (κ1) is 21.4. The molecule has 1 amide bonds. The number of rotatable bonds is 9. The minimum absolute atomic E-state index is 0.0215. The second-order valence-corrected chi connectivity index (χ2v) is 8.76. The van der Waals surface area contributed by atoms with E-state index in [9.17, 15) is 13.2 Å². The lowest BCUT2D eigenvalue weighted by Gasteiger charge is -2.18. The quantitative estimate of drug-likeness (QED) is 0.649. The van der Waals surface area contributed by atoms with Crippen LogP contribution in [0.3, 0.4) is 0 Å². The summed E-state index contributed by atoms with van der Waals surface area (Å²) in [4.78, 5) is 12.4. The molecule has 2 rings (SSSR count). The monoisotopic (exact) mass is 408 g/mol. The van der Waals surface area contributed by atoms with Gasteiger partial charge in [0, 0.05) is 17.1 Å². The average molecular weight is 409 g/mol. The molecule has 1 unspecified atom stereocenters. The highest BCUT2D eigenvalue weighted by Gasteiger charge is 2.20. The zero-order valence-corrected chi connectivity index (χ0v) is 17.1. The van der Waals surface area contributed by atoms with Crippen LogP contribution in [0.1, 0.15) is 43.4 Å². The SMILES string of the molecule is CCCCc1ccc(NC(=O)CC(NS(C)(=O)=O)c2ccc(Cl)cc2)cc1. The number of nitrogens with one attached hydrogen (secondary N) is 2. The minimum atomic E-state index is -3.48. The molecule has 146 valence electrons. The van der Waals surface area contributed by atoms with Gasteiger partial charge in [0.05, 0.1) is 12.3 Å². The molecule has 0 spiro atoms. The normalized spacial score (nSPS) is 12.6. The fourth-order valence-electron chi connectivity index (χ4n) is 2.71. The van der Waals surface area contributed by atoms with Crippen LogP contribution < -0.4 is 10.0 Å². The van der Waals surface area contributed by atoms with E-state index in [1.54, 1.807) is 24.3 Å². The van der Waals surface area contributed by atoms with E-state index in [0.29, 0.717) is 16.3 Å². The number of halogens is 1. The molecule has 27 heavy (non-hydrogen) atoms. The molecule has 0 fully saturated rings. The Morgan fingerprint density at radius 2 is 1.70 bits per heavy atom. The zero-order chi connectivity index (χ0) is 19.9. The Balaban J connectivity index is 2.05. The molecule has 0 radical (unpaired) electrons. The summed E-state index contributed by atoms with van der Waals surface area (Å²) in [7, 11) is -3.48. The van der Waals surface area contributed by atoms with Crippen LogP contribution in [0.5, 0.6) is 0 Å². The van der Waals surface area contributed by atoms with Gasteiger partial charge in [0.2, 0.25) is 15.9 Å². The second kappa shape index (κ2) is 9.88. The van der Waals surface area contributed by atoms with E-state index >= 15 is 0 Å². The Labute approximate surface area is 166 Å². The molecular formula is C20H25ClN2O3S. The van der Waals surface area contributed by atoms with E-state index in [1.807, 2.05) is 24.3 Å². The summed E-state index contributed by atoms with van der Waals surface area (Å²) in [6, 6.07) is 13.8. The Hall–Kier alpha value is -1.89. The van der Waals surface area contributed by atoms with E-state index in [2.05, 4.69) is 17.0 Å². The summed E-state index contributed by atoms with van der Waals surface area (Å²) < 4.78 is 25.9. The standard InChI is InChI=1S/C20H25ClN2O3S/c1-3-4-5-15-6-12-18(13-7-15)22-20(24)14-19(23-27(2,25)26)16-8-10-17(21)11-9-16/h6-13,19,23H,3-5,14H2,1-2H3,(H,22,24). The van der Waals surface area contributed by atoms with E-state index in [1.165, 1.54) is 5.56 Å². The number of carbonyl (C=O) groups is 1. The molecule has 2 aromatic rings. The van der Waals surface area contributed by atoms with Crippen molar-refractivity contribution < 1.29 is 13.2 Å². The number of hydrogen-bond donors (Lipinski definition) is 2. The highest BCUT2D eigenvalue weighted by molar-refractivity contribution is 7.88. The molecule has 0 aliphatic heterocycles. The van der Waals surface area contributed by atoms with Gasteiger partial charge in [0.15, 0.2) is 0 Å². The van der Waals surface area contributed by atoms with Crippen molar-refractivity contribution in [2.24, 2.45) is 0 Å². The third kappa shape index (κ3) is 7.71. The Bertz CT molecular complexity index is 850. The molecule has 0 heterocycles. The van der Waals surface area contributed by atoms with Gasteiger partial charge < -0.3 is 5.32 Å². The number of unbranched alkanes of at least 4 members (excludes halogenated alkanes) is 1. The maximum absolute atomic E-state index is 12.4. The first-order valence-electron chi connectivity index (χ1n) is 8.88. The van der Waals surface area contributed by atoms with E-state index in [0.717, 1.165) is 25.5 Å². The Morgan fingerprint density at radius 3 is 2.26 bits per heavy atom. The summed E-state index contributed by atoms with van der Waals surface area (Å²) >= 11 is 5.89. The first-order valence-corrected chi connectivity index (χ1v) is 11.2. The molecule has 5 nitrogen and oxygen atoms in total. The van der Waals surface area contributed by atoms with Gasteiger partial charge in [0.1, 0.15) is 0 Å². The van der Waals surface area contributed by atoms with Crippen molar-refractivity contribution in [3.8, 4) is 0 Å². The summed E-state index contributed by atoms with van der Waals surface area (Å²) in [5, 5.41) is 3.37. The van der Waals surface area contributed by atoms with Crippen molar-refractivity contribution in [1.82, 2.24) is 4.72 Å². The summed E-state index contributed by atoms with van der Waals surface area (Å²) in [6.07, 6.45) is 4.33. The van der Waals surface area contributed by atoms with Gasteiger partial charge in [0.25, 0.3) is 0 Å². The van der Waals surface area contributed by atoms with Gasteiger partial charge in [-0.2, -0.15) is 0 Å². The largest absolute Gasteiger partial charge is 0.326 e. The Kier molecular flexibility index (Phi) is 7.83. The van der Waals surface area contributed by atoms with E-state index in [4.69, 9.17) is 11.6 Å². The van der Waals surface area contributed by atoms with Crippen LogP contribution in [-0.2, 0) is 21.2 Å². The average Bonchev–Trinajstić information content (AvgIpc) is 2.60. The van der Waals surface area contributed by atoms with Gasteiger partial charge in [-0.3, -0.25) is 4.79 Å². The highest BCUT2D eigenvalue weighted by atomic mass is 35.5. The molecular weight excluding hydrogens is 384 g/mol. The maximum Gasteiger partial charge on any atom is 0.226 e. The lowest BCUT2D eigenvalue weighted by Crippen LogP contribution is -2.30. The van der Waals surface area contributed by atoms with Crippen molar-refractivity contribution in [2.75, 3.05) is 11.6 Å². The number of anilines is 1. The van der Waals surface area contributed by atoms with Crippen LogP contribution in [0.15, 0.2) is 48.5 Å². The second-order valence-electron chi connectivity index (χ2n) is 6.55. The number of hydrogen-bond acceptors (Lipinski definition) is 3. The number of aryl methyl sites for hydroxylation is 1. The van der Waals surface area contributed by atoms with Crippen LogP contribution in [0.25, 0.3) is 0 Å². The van der Waals surface area contributed by atoms with Gasteiger partial charge in [-0.1, -0.05) is 49.2 Å². The lowest BCUT2D eigenvalue weighted by atomic mass is 10.0. The highest BCUT2D eigenvalue weighted by Crippen LogP contribution is 2.21. The molecule has 0 saturated heterocycles. The van der Waals surface area contributed by atoms with Crippen LogP contribution in [0, 0.1) is 0 Å². The van der Waals surface area contributed by atoms with Gasteiger partial charge in [-0.15, -0.1) is 0 Å². The molecule has 7 heteroatoms. The lowest BCUT2D eigenvalue weighted by molar-refractivity contribution is -0.116. The molecule has 0 aliphatic rings. The van der Waals surface area contributed by atoms with Gasteiger partial charge in [-0.05, 0) is 48.2 Å². The summed E-state index contributed by atoms with van der Waals surface area (Å²) in [6.45, 7) is 2.15. The van der Waals surface area contributed by atoms with Crippen LogP contribution >= 0.6 is 11.6 Å². The smallest absolute Gasteiger partial charge is 0.226 e. The van der Waals surface area contributed by atoms with Crippen molar-refractivity contribution in [3.63, 3.8) is 0 Å². The van der Waals surface area contributed by atoms with Crippen molar-refractivity contribution in [1.29, 1.82) is 0 Å². The molecule has 0 aliphatic carbocycles. The zero-order valence-electron chi connectivity index (χ0n) is 15.5. The van der Waals surface area contributed by atoms with Gasteiger partial charge in [-0.25, -0.2) is 13.1 Å². The van der Waals surface area contributed by atoms with Crippen molar-refractivity contribution in [3.05, 3.63) is 64.7 Å². The van der Waals surface area contributed by atoms with Crippen molar-refractivity contribution in [2.45, 2.75) is 38.6 Å². The van der Waals surface area contributed by atoms with Crippen LogP contribution in [-0.4, -0.2) is 20.6 Å². The first-order chi connectivity index (χ1) is 12.8.